The van der Waals surface area contributed by atoms with Crippen LogP contribution in [0.5, 0.6) is 0 Å². The van der Waals surface area contributed by atoms with Crippen LogP contribution in [0.3, 0.4) is 0 Å². The Morgan fingerprint density at radius 2 is 2.12 bits per heavy atom. The van der Waals surface area contributed by atoms with E-state index in [-0.39, 0.29) is 0 Å². The molecule has 0 amide bonds. The Hall–Kier alpha value is -0.160. The van der Waals surface area contributed by atoms with E-state index >= 15 is 0 Å². The molecule has 17 heavy (non-hydrogen) atoms. The van der Waals surface area contributed by atoms with Gasteiger partial charge in [0.05, 0.1) is 6.10 Å². The third kappa shape index (κ3) is 3.41. The Morgan fingerprint density at radius 3 is 2.76 bits per heavy atom. The molecule has 100 valence electrons. The summed E-state index contributed by atoms with van der Waals surface area (Å²) in [5.74, 6) is 0.712. The zero-order chi connectivity index (χ0) is 12.1. The van der Waals surface area contributed by atoms with Crippen LogP contribution in [0.25, 0.3) is 0 Å². The molecule has 2 heterocycles. The van der Waals surface area contributed by atoms with Gasteiger partial charge in [0.2, 0.25) is 0 Å². The maximum absolute atomic E-state index is 6.00. The highest BCUT2D eigenvalue weighted by Gasteiger charge is 2.31. The summed E-state index contributed by atoms with van der Waals surface area (Å²) >= 11 is 0. The number of hydrogen-bond acceptors (Lipinski definition) is 4. The van der Waals surface area contributed by atoms with Crippen LogP contribution in [0.1, 0.15) is 25.7 Å². The van der Waals surface area contributed by atoms with Gasteiger partial charge in [-0.05, 0) is 38.1 Å². The second kappa shape index (κ2) is 6.69. The fourth-order valence-electron chi connectivity index (χ4n) is 3.20. The summed E-state index contributed by atoms with van der Waals surface area (Å²) in [6, 6.07) is 0.525. The second-order valence-corrected chi connectivity index (χ2v) is 5.25. The van der Waals surface area contributed by atoms with Gasteiger partial charge in [-0.1, -0.05) is 0 Å². The molecule has 2 fully saturated rings. The molecule has 0 aromatic heterocycles. The van der Waals surface area contributed by atoms with Crippen molar-refractivity contribution in [2.24, 2.45) is 11.7 Å². The monoisotopic (exact) mass is 242 g/mol. The molecule has 4 nitrogen and oxygen atoms in total. The predicted molar refractivity (Wildman–Crippen MR) is 68.0 cm³/mol. The Morgan fingerprint density at radius 1 is 1.35 bits per heavy atom. The average molecular weight is 242 g/mol. The normalized spacial score (nSPS) is 30.4. The van der Waals surface area contributed by atoms with Crippen molar-refractivity contribution in [1.29, 1.82) is 0 Å². The minimum absolute atomic E-state index is 0.401. The lowest BCUT2D eigenvalue weighted by atomic mass is 9.89. The molecule has 2 unspecified atom stereocenters. The van der Waals surface area contributed by atoms with Crippen molar-refractivity contribution >= 4 is 0 Å². The van der Waals surface area contributed by atoms with Gasteiger partial charge in [-0.25, -0.2) is 0 Å². The second-order valence-electron chi connectivity index (χ2n) is 5.25. The van der Waals surface area contributed by atoms with Crippen molar-refractivity contribution in [2.75, 3.05) is 40.0 Å². The van der Waals surface area contributed by atoms with Crippen molar-refractivity contribution in [3.05, 3.63) is 0 Å². The standard InChI is InChI=1S/C13H26N2O2/c1-16-12-3-2-6-15(10-12)13(9-14)11-4-7-17-8-5-11/h11-13H,2-10,14H2,1H3. The Kier molecular flexibility index (Phi) is 5.22. The lowest BCUT2D eigenvalue weighted by Gasteiger charge is -2.42. The van der Waals surface area contributed by atoms with Crippen LogP contribution in [-0.2, 0) is 9.47 Å². The van der Waals surface area contributed by atoms with E-state index in [9.17, 15) is 0 Å². The SMILES string of the molecule is COC1CCCN(C(CN)C2CCOCC2)C1. The molecule has 2 saturated heterocycles. The summed E-state index contributed by atoms with van der Waals surface area (Å²) < 4.78 is 10.9. The maximum atomic E-state index is 6.00. The quantitative estimate of drug-likeness (QED) is 0.794. The number of piperidine rings is 1. The van der Waals surface area contributed by atoms with Crippen LogP contribution >= 0.6 is 0 Å². The van der Waals surface area contributed by atoms with Gasteiger partial charge in [-0.15, -0.1) is 0 Å². The van der Waals surface area contributed by atoms with Gasteiger partial charge in [0.25, 0.3) is 0 Å². The van der Waals surface area contributed by atoms with E-state index in [4.69, 9.17) is 15.2 Å². The summed E-state index contributed by atoms with van der Waals surface area (Å²) in [4.78, 5) is 2.55. The van der Waals surface area contributed by atoms with Crippen molar-refractivity contribution in [2.45, 2.75) is 37.8 Å². The number of likely N-dealkylation sites (tertiary alicyclic amines) is 1. The average Bonchev–Trinajstić information content (AvgIpc) is 2.41. The van der Waals surface area contributed by atoms with Gasteiger partial charge in [0.15, 0.2) is 0 Å². The molecule has 2 aliphatic rings. The third-order valence-corrected chi connectivity index (χ3v) is 4.26. The van der Waals surface area contributed by atoms with Gasteiger partial charge >= 0.3 is 0 Å². The zero-order valence-electron chi connectivity index (χ0n) is 10.9. The van der Waals surface area contributed by atoms with E-state index in [1.165, 1.54) is 19.4 Å². The fourth-order valence-corrected chi connectivity index (χ4v) is 3.20. The van der Waals surface area contributed by atoms with Crippen molar-refractivity contribution in [3.63, 3.8) is 0 Å². The van der Waals surface area contributed by atoms with Crippen LogP contribution in [0.15, 0.2) is 0 Å². The number of ether oxygens (including phenoxy) is 2. The molecule has 0 spiro atoms. The first-order valence-electron chi connectivity index (χ1n) is 6.89. The molecule has 0 aliphatic carbocycles. The van der Waals surface area contributed by atoms with Crippen molar-refractivity contribution < 1.29 is 9.47 Å². The summed E-state index contributed by atoms with van der Waals surface area (Å²) in [7, 11) is 1.82. The number of methoxy groups -OCH3 is 1. The van der Waals surface area contributed by atoms with E-state index in [0.717, 1.165) is 39.1 Å². The van der Waals surface area contributed by atoms with Crippen LogP contribution in [0.4, 0.5) is 0 Å². The molecule has 2 aliphatic heterocycles. The van der Waals surface area contributed by atoms with E-state index in [1.54, 1.807) is 0 Å². The van der Waals surface area contributed by atoms with Gasteiger partial charge in [0, 0.05) is 39.5 Å². The van der Waals surface area contributed by atoms with Gasteiger partial charge < -0.3 is 15.2 Å². The summed E-state index contributed by atoms with van der Waals surface area (Å²) in [6.45, 7) is 4.81. The Balaban J connectivity index is 1.91. The minimum atomic E-state index is 0.401. The Labute approximate surface area is 104 Å². The highest BCUT2D eigenvalue weighted by molar-refractivity contribution is 4.85. The Bertz CT molecular complexity index is 219. The molecule has 0 radical (unpaired) electrons. The summed E-state index contributed by atoms with van der Waals surface area (Å²) in [5.41, 5.74) is 6.00. The molecule has 4 heteroatoms. The summed E-state index contributed by atoms with van der Waals surface area (Å²) in [6.07, 6.45) is 5.15. The lowest BCUT2D eigenvalue weighted by molar-refractivity contribution is -0.0169. The number of nitrogens with zero attached hydrogens (tertiary/aromatic N) is 1. The van der Waals surface area contributed by atoms with Crippen LogP contribution in [-0.4, -0.2) is 57.0 Å². The first-order valence-corrected chi connectivity index (χ1v) is 6.89. The molecule has 0 aromatic rings. The largest absolute Gasteiger partial charge is 0.381 e. The highest BCUT2D eigenvalue weighted by atomic mass is 16.5. The van der Waals surface area contributed by atoms with Crippen LogP contribution < -0.4 is 5.73 Å². The predicted octanol–water partition coefficient (Wildman–Crippen LogP) is 0.851. The van der Waals surface area contributed by atoms with Gasteiger partial charge in [-0.3, -0.25) is 4.90 Å². The first-order chi connectivity index (χ1) is 8.35. The van der Waals surface area contributed by atoms with E-state index in [0.29, 0.717) is 18.1 Å². The third-order valence-electron chi connectivity index (χ3n) is 4.26. The van der Waals surface area contributed by atoms with Crippen LogP contribution in [0, 0.1) is 5.92 Å². The van der Waals surface area contributed by atoms with Crippen molar-refractivity contribution in [1.82, 2.24) is 4.90 Å². The minimum Gasteiger partial charge on any atom is -0.381 e. The smallest absolute Gasteiger partial charge is 0.0698 e. The molecule has 0 aromatic carbocycles. The lowest BCUT2D eigenvalue weighted by Crippen LogP contribution is -2.52. The van der Waals surface area contributed by atoms with Crippen LogP contribution in [0.2, 0.25) is 0 Å². The summed E-state index contributed by atoms with van der Waals surface area (Å²) in [5, 5.41) is 0. The van der Waals surface area contributed by atoms with E-state index in [2.05, 4.69) is 4.90 Å². The van der Waals surface area contributed by atoms with Gasteiger partial charge in [0.1, 0.15) is 0 Å². The molecule has 0 bridgehead atoms. The topological polar surface area (TPSA) is 47.7 Å². The van der Waals surface area contributed by atoms with Crippen molar-refractivity contribution in [3.8, 4) is 0 Å². The fraction of sp³-hybridized carbons (Fsp3) is 1.00. The van der Waals surface area contributed by atoms with Gasteiger partial charge in [-0.2, -0.15) is 0 Å². The van der Waals surface area contributed by atoms with E-state index < -0.39 is 0 Å². The molecule has 2 N–H and O–H groups in total. The molecular formula is C13H26N2O2. The number of nitrogens with two attached hydrogens (primary N) is 1. The zero-order valence-corrected chi connectivity index (χ0v) is 10.9. The molecule has 2 rings (SSSR count). The first kappa shape index (κ1) is 13.3. The van der Waals surface area contributed by atoms with E-state index in [1.807, 2.05) is 7.11 Å². The molecule has 0 saturated carbocycles. The highest BCUT2D eigenvalue weighted by Crippen LogP contribution is 2.25. The number of rotatable bonds is 4. The maximum Gasteiger partial charge on any atom is 0.0698 e. The number of hydrogen-bond donors (Lipinski definition) is 1. The molecular weight excluding hydrogens is 216 g/mol. The molecule has 2 atom stereocenters.